The molecular weight excluding hydrogens is 203 g/mol. The van der Waals surface area contributed by atoms with E-state index in [1.54, 1.807) is 12.1 Å². The second-order valence-electron chi connectivity index (χ2n) is 4.47. The van der Waals surface area contributed by atoms with Gasteiger partial charge >= 0.3 is 0 Å². The van der Waals surface area contributed by atoms with Crippen LogP contribution in [-0.4, -0.2) is 37.1 Å². The summed E-state index contributed by atoms with van der Waals surface area (Å²) in [6, 6.07) is 7.49. The van der Waals surface area contributed by atoms with Crippen LogP contribution in [0.1, 0.15) is 12.5 Å². The number of benzene rings is 1. The van der Waals surface area contributed by atoms with Gasteiger partial charge in [0, 0.05) is 32.2 Å². The first-order chi connectivity index (χ1) is 7.75. The van der Waals surface area contributed by atoms with Gasteiger partial charge in [0.15, 0.2) is 0 Å². The van der Waals surface area contributed by atoms with Gasteiger partial charge in [0.2, 0.25) is 0 Å². The zero-order valence-corrected chi connectivity index (χ0v) is 9.75. The van der Waals surface area contributed by atoms with E-state index in [2.05, 4.69) is 17.1 Å². The van der Waals surface area contributed by atoms with Crippen molar-refractivity contribution in [2.45, 2.75) is 19.4 Å². The fourth-order valence-electron chi connectivity index (χ4n) is 2.18. The van der Waals surface area contributed by atoms with Crippen molar-refractivity contribution in [2.75, 3.05) is 26.2 Å². The van der Waals surface area contributed by atoms with Crippen LogP contribution in [0.4, 0.5) is 4.39 Å². The summed E-state index contributed by atoms with van der Waals surface area (Å²) < 4.78 is 13.0. The fraction of sp³-hybridized carbons (Fsp3) is 0.538. The van der Waals surface area contributed by atoms with E-state index in [0.717, 1.165) is 38.2 Å². The molecule has 0 aromatic heterocycles. The molecule has 1 aliphatic heterocycles. The Labute approximate surface area is 96.5 Å². The molecule has 16 heavy (non-hydrogen) atoms. The van der Waals surface area contributed by atoms with Crippen LogP contribution in [0, 0.1) is 5.82 Å². The number of piperazine rings is 1. The first-order valence-electron chi connectivity index (χ1n) is 5.95. The summed E-state index contributed by atoms with van der Waals surface area (Å²) >= 11 is 0. The standard InChI is InChI=1S/C13H19FN2/c1-11-10-15-6-8-16(11)7-5-12-3-2-4-13(14)9-12/h2-4,9,11,15H,5-8,10H2,1H3. The van der Waals surface area contributed by atoms with E-state index in [1.165, 1.54) is 6.07 Å². The van der Waals surface area contributed by atoms with Crippen molar-refractivity contribution in [1.29, 1.82) is 0 Å². The molecule has 1 aromatic carbocycles. The maximum absolute atomic E-state index is 13.0. The van der Waals surface area contributed by atoms with Crippen LogP contribution in [0.2, 0.25) is 0 Å². The molecule has 1 aliphatic rings. The van der Waals surface area contributed by atoms with Crippen molar-refractivity contribution in [1.82, 2.24) is 10.2 Å². The van der Waals surface area contributed by atoms with Crippen molar-refractivity contribution in [3.05, 3.63) is 35.6 Å². The van der Waals surface area contributed by atoms with E-state index < -0.39 is 0 Å². The highest BCUT2D eigenvalue weighted by Gasteiger charge is 2.16. The quantitative estimate of drug-likeness (QED) is 0.836. The third-order valence-corrected chi connectivity index (χ3v) is 3.22. The van der Waals surface area contributed by atoms with Gasteiger partial charge in [-0.05, 0) is 31.0 Å². The summed E-state index contributed by atoms with van der Waals surface area (Å²) in [5.41, 5.74) is 1.09. The number of hydrogen-bond donors (Lipinski definition) is 1. The van der Waals surface area contributed by atoms with E-state index in [-0.39, 0.29) is 5.82 Å². The molecule has 2 nitrogen and oxygen atoms in total. The predicted octanol–water partition coefficient (Wildman–Crippen LogP) is 1.66. The molecule has 1 fully saturated rings. The lowest BCUT2D eigenvalue weighted by Crippen LogP contribution is -2.50. The number of nitrogens with one attached hydrogen (secondary N) is 1. The fourth-order valence-corrected chi connectivity index (χ4v) is 2.18. The zero-order valence-electron chi connectivity index (χ0n) is 9.75. The van der Waals surface area contributed by atoms with Crippen LogP contribution in [0.5, 0.6) is 0 Å². The average molecular weight is 222 g/mol. The van der Waals surface area contributed by atoms with Crippen LogP contribution in [0.3, 0.4) is 0 Å². The van der Waals surface area contributed by atoms with Crippen LogP contribution in [0.15, 0.2) is 24.3 Å². The van der Waals surface area contributed by atoms with Gasteiger partial charge in [-0.1, -0.05) is 12.1 Å². The summed E-state index contributed by atoms with van der Waals surface area (Å²) in [6.45, 7) is 6.47. The molecule has 0 amide bonds. The SMILES string of the molecule is CC1CNCCN1CCc1cccc(F)c1. The summed E-state index contributed by atoms with van der Waals surface area (Å²) in [7, 11) is 0. The Hall–Kier alpha value is -0.930. The van der Waals surface area contributed by atoms with Crippen molar-refractivity contribution in [3.8, 4) is 0 Å². The van der Waals surface area contributed by atoms with Gasteiger partial charge < -0.3 is 5.32 Å². The van der Waals surface area contributed by atoms with E-state index in [9.17, 15) is 4.39 Å². The van der Waals surface area contributed by atoms with Gasteiger partial charge in [0.25, 0.3) is 0 Å². The van der Waals surface area contributed by atoms with Crippen LogP contribution >= 0.6 is 0 Å². The van der Waals surface area contributed by atoms with Gasteiger partial charge in [-0.3, -0.25) is 4.90 Å². The van der Waals surface area contributed by atoms with Crippen LogP contribution < -0.4 is 5.32 Å². The first kappa shape index (κ1) is 11.6. The lowest BCUT2D eigenvalue weighted by Gasteiger charge is -2.33. The molecule has 1 unspecified atom stereocenters. The summed E-state index contributed by atoms with van der Waals surface area (Å²) in [5.74, 6) is -0.133. The normalized spacial score (nSPS) is 22.2. The molecule has 2 rings (SSSR count). The largest absolute Gasteiger partial charge is 0.314 e. The molecule has 1 aromatic rings. The predicted molar refractivity (Wildman–Crippen MR) is 64.0 cm³/mol. The first-order valence-corrected chi connectivity index (χ1v) is 5.95. The second-order valence-corrected chi connectivity index (χ2v) is 4.47. The highest BCUT2D eigenvalue weighted by molar-refractivity contribution is 5.16. The Bertz CT molecular complexity index is 340. The maximum Gasteiger partial charge on any atom is 0.123 e. The number of nitrogens with zero attached hydrogens (tertiary/aromatic N) is 1. The molecular formula is C13H19FN2. The molecule has 1 N–H and O–H groups in total. The van der Waals surface area contributed by atoms with E-state index in [1.807, 2.05) is 6.07 Å². The minimum absolute atomic E-state index is 0.133. The lowest BCUT2D eigenvalue weighted by atomic mass is 10.1. The Morgan fingerprint density at radius 3 is 3.12 bits per heavy atom. The highest BCUT2D eigenvalue weighted by atomic mass is 19.1. The average Bonchev–Trinajstić information content (AvgIpc) is 2.28. The molecule has 1 saturated heterocycles. The summed E-state index contributed by atoms with van der Waals surface area (Å²) in [4.78, 5) is 2.46. The highest BCUT2D eigenvalue weighted by Crippen LogP contribution is 2.08. The Morgan fingerprint density at radius 1 is 1.50 bits per heavy atom. The molecule has 0 radical (unpaired) electrons. The maximum atomic E-state index is 13.0. The molecule has 0 aliphatic carbocycles. The minimum atomic E-state index is -0.133. The van der Waals surface area contributed by atoms with Crippen molar-refractivity contribution in [3.63, 3.8) is 0 Å². The Morgan fingerprint density at radius 2 is 2.38 bits per heavy atom. The number of hydrogen-bond acceptors (Lipinski definition) is 2. The summed E-state index contributed by atoms with van der Waals surface area (Å²) in [6.07, 6.45) is 0.933. The van der Waals surface area contributed by atoms with E-state index in [0.29, 0.717) is 6.04 Å². The van der Waals surface area contributed by atoms with Gasteiger partial charge in [-0.25, -0.2) is 4.39 Å². The topological polar surface area (TPSA) is 15.3 Å². The Balaban J connectivity index is 1.86. The van der Waals surface area contributed by atoms with Gasteiger partial charge in [0.05, 0.1) is 0 Å². The Kier molecular flexibility index (Phi) is 3.91. The third kappa shape index (κ3) is 3.03. The van der Waals surface area contributed by atoms with Gasteiger partial charge in [-0.15, -0.1) is 0 Å². The number of halogens is 1. The number of rotatable bonds is 3. The second kappa shape index (κ2) is 5.41. The van der Waals surface area contributed by atoms with E-state index in [4.69, 9.17) is 0 Å². The third-order valence-electron chi connectivity index (χ3n) is 3.22. The van der Waals surface area contributed by atoms with Crippen molar-refractivity contribution < 1.29 is 4.39 Å². The monoisotopic (exact) mass is 222 g/mol. The smallest absolute Gasteiger partial charge is 0.123 e. The van der Waals surface area contributed by atoms with Gasteiger partial charge in [0.1, 0.15) is 5.82 Å². The molecule has 88 valence electrons. The van der Waals surface area contributed by atoms with E-state index >= 15 is 0 Å². The molecule has 1 atom stereocenters. The van der Waals surface area contributed by atoms with Gasteiger partial charge in [-0.2, -0.15) is 0 Å². The molecule has 0 spiro atoms. The van der Waals surface area contributed by atoms with Crippen molar-refractivity contribution in [2.24, 2.45) is 0 Å². The van der Waals surface area contributed by atoms with Crippen LogP contribution in [0.25, 0.3) is 0 Å². The zero-order chi connectivity index (χ0) is 11.4. The molecule has 3 heteroatoms. The minimum Gasteiger partial charge on any atom is -0.314 e. The molecule has 0 bridgehead atoms. The molecule has 0 saturated carbocycles. The molecule has 1 heterocycles. The van der Waals surface area contributed by atoms with Crippen LogP contribution in [-0.2, 0) is 6.42 Å². The summed E-state index contributed by atoms with van der Waals surface area (Å²) in [5, 5.41) is 3.37. The lowest BCUT2D eigenvalue weighted by molar-refractivity contribution is 0.176. The van der Waals surface area contributed by atoms with Crippen molar-refractivity contribution >= 4 is 0 Å².